The second-order valence-corrected chi connectivity index (χ2v) is 6.62. The van der Waals surface area contributed by atoms with Crippen LogP contribution in [0.1, 0.15) is 19.4 Å². The lowest BCUT2D eigenvalue weighted by Crippen LogP contribution is -2.19. The quantitative estimate of drug-likeness (QED) is 0.433. The number of nitrogen functional groups attached to an aromatic ring is 1. The minimum atomic E-state index is -4.28. The standard InChI is InChI=1S/C12H18N5O6P/c1-8(18)23-3-2-9(4-22-7-24(19,20)21)17-6-16-12-10(17)11(13)14-5-15-12/h5-6,9H,2-4,7H2,1H3,(H2,13,14,15)(H2,19,20,21). The summed E-state index contributed by atoms with van der Waals surface area (Å²) in [6.45, 7) is 1.36. The van der Waals surface area contributed by atoms with Gasteiger partial charge in [0.1, 0.15) is 18.2 Å². The van der Waals surface area contributed by atoms with Crippen molar-refractivity contribution in [2.45, 2.75) is 19.4 Å². The predicted molar refractivity (Wildman–Crippen MR) is 82.9 cm³/mol. The van der Waals surface area contributed by atoms with Gasteiger partial charge in [0.2, 0.25) is 0 Å². The van der Waals surface area contributed by atoms with E-state index in [9.17, 15) is 9.36 Å². The Labute approximate surface area is 137 Å². The van der Waals surface area contributed by atoms with Crippen molar-refractivity contribution in [2.75, 3.05) is 25.3 Å². The zero-order valence-corrected chi connectivity index (χ0v) is 13.8. The van der Waals surface area contributed by atoms with Gasteiger partial charge < -0.3 is 29.6 Å². The number of hydrogen-bond acceptors (Lipinski definition) is 8. The molecule has 2 aromatic heterocycles. The topological polar surface area (TPSA) is 163 Å². The van der Waals surface area contributed by atoms with Gasteiger partial charge in [-0.2, -0.15) is 0 Å². The van der Waals surface area contributed by atoms with Crippen LogP contribution in [0, 0.1) is 0 Å². The Morgan fingerprint density at radius 3 is 2.83 bits per heavy atom. The first kappa shape index (κ1) is 18.3. The van der Waals surface area contributed by atoms with Crippen LogP contribution in [0.4, 0.5) is 5.82 Å². The summed E-state index contributed by atoms with van der Waals surface area (Å²) in [5.74, 6) is -0.215. The van der Waals surface area contributed by atoms with Crippen LogP contribution >= 0.6 is 7.60 Å². The van der Waals surface area contributed by atoms with Crippen LogP contribution in [0.3, 0.4) is 0 Å². The van der Waals surface area contributed by atoms with Crippen LogP contribution in [0.5, 0.6) is 0 Å². The fourth-order valence-corrected chi connectivity index (χ4v) is 2.47. The van der Waals surface area contributed by atoms with Crippen molar-refractivity contribution in [3.63, 3.8) is 0 Å². The van der Waals surface area contributed by atoms with Crippen molar-refractivity contribution in [2.24, 2.45) is 0 Å². The molecule has 0 saturated carbocycles. The summed E-state index contributed by atoms with van der Waals surface area (Å²) in [6.07, 6.45) is 2.39. The maximum atomic E-state index is 10.9. The molecular weight excluding hydrogens is 341 g/mol. The van der Waals surface area contributed by atoms with E-state index < -0.39 is 26.0 Å². The van der Waals surface area contributed by atoms with Gasteiger partial charge in [0.25, 0.3) is 0 Å². The van der Waals surface area contributed by atoms with E-state index in [0.717, 1.165) is 0 Å². The monoisotopic (exact) mass is 359 g/mol. The van der Waals surface area contributed by atoms with Crippen molar-refractivity contribution < 1.29 is 28.6 Å². The molecule has 0 fully saturated rings. The first-order chi connectivity index (χ1) is 11.3. The van der Waals surface area contributed by atoms with Gasteiger partial charge in [-0.3, -0.25) is 9.36 Å². The summed E-state index contributed by atoms with van der Waals surface area (Å²) in [5, 5.41) is 0. The summed E-state index contributed by atoms with van der Waals surface area (Å²) in [5.41, 5.74) is 6.71. The van der Waals surface area contributed by atoms with E-state index >= 15 is 0 Å². The Kier molecular flexibility index (Phi) is 5.84. The summed E-state index contributed by atoms with van der Waals surface area (Å²) >= 11 is 0. The lowest BCUT2D eigenvalue weighted by Gasteiger charge is -2.20. The Balaban J connectivity index is 2.19. The molecule has 2 aromatic rings. The number of carbonyl (C=O) groups is 1. The van der Waals surface area contributed by atoms with Crippen LogP contribution in [0.2, 0.25) is 0 Å². The van der Waals surface area contributed by atoms with E-state index in [1.807, 2.05) is 0 Å². The molecule has 1 atom stereocenters. The summed E-state index contributed by atoms with van der Waals surface area (Å²) in [6, 6.07) is -0.422. The number of carbonyl (C=O) groups excluding carboxylic acids is 1. The van der Waals surface area contributed by atoms with Gasteiger partial charge in [0, 0.05) is 13.3 Å². The van der Waals surface area contributed by atoms with Gasteiger partial charge in [-0.1, -0.05) is 0 Å². The van der Waals surface area contributed by atoms with E-state index in [4.69, 9.17) is 25.0 Å². The van der Waals surface area contributed by atoms with Crippen molar-refractivity contribution in [1.82, 2.24) is 19.5 Å². The minimum Gasteiger partial charge on any atom is -0.466 e. The number of fused-ring (bicyclic) bond motifs is 1. The largest absolute Gasteiger partial charge is 0.466 e. The average Bonchev–Trinajstić information content (AvgIpc) is 2.89. The number of esters is 1. The number of nitrogens with zero attached hydrogens (tertiary/aromatic N) is 4. The Morgan fingerprint density at radius 1 is 1.42 bits per heavy atom. The molecule has 2 rings (SSSR count). The predicted octanol–water partition coefficient (Wildman–Crippen LogP) is 0.0546. The SMILES string of the molecule is CC(=O)OCCC(COCP(=O)(O)O)n1cnc2ncnc(N)c21. The number of nitrogens with two attached hydrogens (primary N) is 1. The highest BCUT2D eigenvalue weighted by Crippen LogP contribution is 2.34. The molecule has 12 heteroatoms. The van der Waals surface area contributed by atoms with Crippen molar-refractivity contribution in [1.29, 1.82) is 0 Å². The van der Waals surface area contributed by atoms with Gasteiger partial charge >= 0.3 is 13.6 Å². The molecule has 0 radical (unpaired) electrons. The fourth-order valence-electron chi connectivity index (χ4n) is 2.13. The van der Waals surface area contributed by atoms with Gasteiger partial charge in [0.15, 0.2) is 11.5 Å². The summed E-state index contributed by atoms with van der Waals surface area (Å²) < 4.78 is 22.6. The lowest BCUT2D eigenvalue weighted by atomic mass is 10.2. The molecule has 0 bridgehead atoms. The second-order valence-electron chi connectivity index (χ2n) is 5.03. The van der Waals surface area contributed by atoms with E-state index in [1.165, 1.54) is 19.6 Å². The number of ether oxygens (including phenoxy) is 2. The normalized spacial score (nSPS) is 13.1. The molecule has 4 N–H and O–H groups in total. The Hall–Kier alpha value is -2.07. The van der Waals surface area contributed by atoms with E-state index in [2.05, 4.69) is 15.0 Å². The summed E-state index contributed by atoms with van der Waals surface area (Å²) in [4.78, 5) is 40.7. The van der Waals surface area contributed by atoms with Crippen LogP contribution < -0.4 is 5.73 Å². The van der Waals surface area contributed by atoms with Crippen LogP contribution in [-0.2, 0) is 18.8 Å². The van der Waals surface area contributed by atoms with E-state index in [0.29, 0.717) is 17.6 Å². The number of aromatic nitrogens is 4. The molecule has 0 aromatic carbocycles. The first-order valence-electron chi connectivity index (χ1n) is 6.96. The molecule has 0 saturated heterocycles. The van der Waals surface area contributed by atoms with Crippen molar-refractivity contribution in [3.05, 3.63) is 12.7 Å². The molecule has 11 nitrogen and oxygen atoms in total. The highest BCUT2D eigenvalue weighted by atomic mass is 31.2. The zero-order valence-electron chi connectivity index (χ0n) is 12.9. The minimum absolute atomic E-state index is 0.0355. The van der Waals surface area contributed by atoms with Crippen LogP contribution in [0.15, 0.2) is 12.7 Å². The van der Waals surface area contributed by atoms with Gasteiger partial charge in [-0.05, 0) is 0 Å². The van der Waals surface area contributed by atoms with Crippen LogP contribution in [0.25, 0.3) is 11.2 Å². The molecule has 0 aliphatic carbocycles. The Bertz CT molecular complexity index is 759. The molecular formula is C12H18N5O6P. The third-order valence-corrected chi connectivity index (χ3v) is 3.63. The maximum Gasteiger partial charge on any atom is 0.350 e. The number of anilines is 1. The van der Waals surface area contributed by atoms with Gasteiger partial charge in [0.05, 0.1) is 25.6 Å². The highest BCUT2D eigenvalue weighted by Gasteiger charge is 2.20. The van der Waals surface area contributed by atoms with Crippen molar-refractivity contribution in [3.8, 4) is 0 Å². The smallest absolute Gasteiger partial charge is 0.350 e. The fraction of sp³-hybridized carbons (Fsp3) is 0.500. The second kappa shape index (κ2) is 7.67. The molecule has 132 valence electrons. The molecule has 0 aliphatic rings. The molecule has 2 heterocycles. The maximum absolute atomic E-state index is 10.9. The third kappa shape index (κ3) is 4.96. The Morgan fingerprint density at radius 2 is 2.17 bits per heavy atom. The molecule has 0 spiro atoms. The lowest BCUT2D eigenvalue weighted by molar-refractivity contribution is -0.141. The number of hydrogen-bond donors (Lipinski definition) is 3. The van der Waals surface area contributed by atoms with Crippen LogP contribution in [-0.4, -0.2) is 54.8 Å². The van der Waals surface area contributed by atoms with E-state index in [-0.39, 0.29) is 19.0 Å². The average molecular weight is 359 g/mol. The molecule has 0 aliphatic heterocycles. The van der Waals surface area contributed by atoms with E-state index in [1.54, 1.807) is 4.57 Å². The van der Waals surface area contributed by atoms with Gasteiger partial charge in [-0.15, -0.1) is 0 Å². The third-order valence-electron chi connectivity index (χ3n) is 3.11. The van der Waals surface area contributed by atoms with Gasteiger partial charge in [-0.25, -0.2) is 15.0 Å². The van der Waals surface area contributed by atoms with Crippen molar-refractivity contribution >= 4 is 30.5 Å². The molecule has 1 unspecified atom stereocenters. The zero-order chi connectivity index (χ0) is 17.7. The molecule has 24 heavy (non-hydrogen) atoms. The number of rotatable bonds is 8. The summed E-state index contributed by atoms with van der Waals surface area (Å²) in [7, 11) is -4.28. The first-order valence-corrected chi connectivity index (χ1v) is 8.76. The highest BCUT2D eigenvalue weighted by molar-refractivity contribution is 7.51. The number of imidazole rings is 1. The molecule has 0 amide bonds.